The zero-order chi connectivity index (χ0) is 29.3. The molecule has 0 bridgehead atoms. The van der Waals surface area contributed by atoms with Crippen molar-refractivity contribution in [2.24, 2.45) is 5.73 Å². The molecule has 3 aliphatic rings. The Morgan fingerprint density at radius 3 is 2.61 bits per heavy atom. The van der Waals surface area contributed by atoms with E-state index in [4.69, 9.17) is 15.2 Å². The lowest BCUT2D eigenvalue weighted by Gasteiger charge is -2.23. The number of methoxy groups -OCH3 is 1. The zero-order valence-electron chi connectivity index (χ0n) is 22.6. The third-order valence-electron chi connectivity index (χ3n) is 7.43. The fourth-order valence-electron chi connectivity index (χ4n) is 5.10. The van der Waals surface area contributed by atoms with Crippen LogP contribution in [0, 0.1) is 12.7 Å². The molecule has 3 aromatic rings. The van der Waals surface area contributed by atoms with Crippen LogP contribution in [0.2, 0.25) is 0 Å². The van der Waals surface area contributed by atoms with Gasteiger partial charge >= 0.3 is 0 Å². The number of fused-ring (bicyclic) bond motifs is 2. The van der Waals surface area contributed by atoms with Crippen molar-refractivity contribution in [1.29, 1.82) is 0 Å². The first-order valence-corrected chi connectivity index (χ1v) is 13.2. The monoisotopic (exact) mass is 567 g/mol. The number of halogens is 3. The normalized spacial score (nSPS) is 18.1. The number of hydrogen-bond acceptors (Lipinski definition) is 5. The minimum absolute atomic E-state index is 0.0211. The van der Waals surface area contributed by atoms with E-state index in [1.807, 2.05) is 0 Å². The highest BCUT2D eigenvalue weighted by Crippen LogP contribution is 2.47. The number of carbonyl (C=O) groups excluding carboxylic acids is 2. The van der Waals surface area contributed by atoms with E-state index in [9.17, 15) is 22.8 Å². The molecule has 3 heterocycles. The zero-order valence-corrected chi connectivity index (χ0v) is 22.6. The van der Waals surface area contributed by atoms with Crippen LogP contribution in [0.15, 0.2) is 42.5 Å². The molecule has 0 radical (unpaired) electrons. The van der Waals surface area contributed by atoms with Gasteiger partial charge < -0.3 is 20.5 Å². The smallest absolute Gasteiger partial charge is 0.261 e. The van der Waals surface area contributed by atoms with Crippen LogP contribution in [-0.2, 0) is 21.4 Å². The molecule has 41 heavy (non-hydrogen) atoms. The number of ether oxygens (including phenoxy) is 2. The highest BCUT2D eigenvalue weighted by molar-refractivity contribution is 5.92. The third-order valence-corrected chi connectivity index (χ3v) is 7.43. The number of primary amides is 1. The largest absolute Gasteiger partial charge is 0.490 e. The summed E-state index contributed by atoms with van der Waals surface area (Å²) in [5.74, 6) is -0.631. The lowest BCUT2D eigenvalue weighted by atomic mass is 9.81. The van der Waals surface area contributed by atoms with Gasteiger partial charge in [0.25, 0.3) is 12.1 Å². The highest BCUT2D eigenvalue weighted by atomic mass is 19.3. The summed E-state index contributed by atoms with van der Waals surface area (Å²) in [4.78, 5) is 26.8. The summed E-state index contributed by atoms with van der Waals surface area (Å²) in [7, 11) is 1.75. The van der Waals surface area contributed by atoms with Gasteiger partial charge in [0.2, 0.25) is 12.3 Å². The van der Waals surface area contributed by atoms with E-state index < -0.39 is 30.2 Å². The Morgan fingerprint density at radius 1 is 1.27 bits per heavy atom. The molecule has 214 valence electrons. The number of benzene rings is 2. The number of alkyl halides is 2. The van der Waals surface area contributed by atoms with Gasteiger partial charge in [-0.3, -0.25) is 9.59 Å². The summed E-state index contributed by atoms with van der Waals surface area (Å²) >= 11 is 0. The van der Waals surface area contributed by atoms with Crippen LogP contribution in [0.25, 0.3) is 11.3 Å². The predicted molar refractivity (Wildman–Crippen MR) is 146 cm³/mol. The van der Waals surface area contributed by atoms with E-state index in [-0.39, 0.29) is 30.0 Å². The standard InChI is InChI=1S/C18H16F3N3O3.C12H14NO/c19-11-3-1-10(2-4-11)14-15-13(7-12(24-14)5-6-23-9-25)18(8-27-15,16(20)21)17(22)26;1-8-5-9-7-13(10-3-4-10)12(9)11(6-8)14-2/h1-4,7,9,16H,5-6,8H2,(H2,22,26)(H,23,25);5-7,10H,3-4H2,1-2H3/q;+1. The molecule has 11 heteroatoms. The minimum atomic E-state index is -3.08. The van der Waals surface area contributed by atoms with E-state index in [0.717, 1.165) is 11.8 Å². The second kappa shape index (κ2) is 11.2. The number of nitrogens with one attached hydrogen (secondary N) is 1. The van der Waals surface area contributed by atoms with Gasteiger partial charge in [-0.25, -0.2) is 18.2 Å². The Hall–Kier alpha value is -4.41. The summed E-state index contributed by atoms with van der Waals surface area (Å²) in [6.07, 6.45) is 2.55. The van der Waals surface area contributed by atoms with Crippen molar-refractivity contribution in [3.05, 3.63) is 70.7 Å². The van der Waals surface area contributed by atoms with Crippen molar-refractivity contribution < 1.29 is 36.8 Å². The Kier molecular flexibility index (Phi) is 7.70. The van der Waals surface area contributed by atoms with Crippen molar-refractivity contribution in [2.75, 3.05) is 20.3 Å². The maximum absolute atomic E-state index is 13.8. The molecule has 1 unspecified atom stereocenters. The van der Waals surface area contributed by atoms with Crippen molar-refractivity contribution >= 4 is 24.2 Å². The maximum Gasteiger partial charge on any atom is 0.261 e. The summed E-state index contributed by atoms with van der Waals surface area (Å²) in [5.41, 5.74) is 7.85. The number of nitrogens with two attached hydrogens (primary N) is 1. The Labute approximate surface area is 235 Å². The van der Waals surface area contributed by atoms with Crippen LogP contribution in [-0.4, -0.2) is 60.8 Å². The predicted octanol–water partition coefficient (Wildman–Crippen LogP) is 3.80. The Bertz CT molecular complexity index is 1520. The third kappa shape index (κ3) is 5.23. The fraction of sp³-hybridized carbons (Fsp3) is 0.333. The molecule has 2 amide bonds. The molecule has 0 saturated heterocycles. The molecule has 1 saturated carbocycles. The minimum Gasteiger partial charge on any atom is -0.490 e. The number of nitrogens with zero attached hydrogens (tertiary/aromatic N) is 2. The molecule has 8 nitrogen and oxygen atoms in total. The van der Waals surface area contributed by atoms with Gasteiger partial charge in [-0.15, -0.1) is 0 Å². The Morgan fingerprint density at radius 2 is 2.00 bits per heavy atom. The molecule has 1 aromatic heterocycles. The summed E-state index contributed by atoms with van der Waals surface area (Å²) in [6.45, 7) is 1.72. The second-order valence-corrected chi connectivity index (χ2v) is 10.3. The molecular formula is C30H30F3N4O4+. The number of aromatic nitrogens is 1. The molecule has 3 N–H and O–H groups in total. The molecule has 1 atom stereocenters. The first-order valence-electron chi connectivity index (χ1n) is 13.2. The molecule has 2 aromatic carbocycles. The van der Waals surface area contributed by atoms with Crippen LogP contribution in [0.5, 0.6) is 11.5 Å². The van der Waals surface area contributed by atoms with Gasteiger partial charge in [0, 0.05) is 42.6 Å². The van der Waals surface area contributed by atoms with Crippen LogP contribution in [0.3, 0.4) is 0 Å². The van der Waals surface area contributed by atoms with Gasteiger partial charge in [-0.1, -0.05) is 0 Å². The van der Waals surface area contributed by atoms with E-state index >= 15 is 0 Å². The van der Waals surface area contributed by atoms with Crippen molar-refractivity contribution in [3.63, 3.8) is 0 Å². The topological polar surface area (TPSA) is 107 Å². The average molecular weight is 568 g/mol. The van der Waals surface area contributed by atoms with Gasteiger partial charge in [-0.2, -0.15) is 4.58 Å². The van der Waals surface area contributed by atoms with Crippen LogP contribution >= 0.6 is 0 Å². The number of carbonyl (C=O) groups is 2. The van der Waals surface area contributed by atoms with Gasteiger partial charge in [-0.05, 0) is 55.0 Å². The highest BCUT2D eigenvalue weighted by Gasteiger charge is 2.55. The first-order chi connectivity index (χ1) is 19.7. The SMILES string of the molecule is COc1cc(C)cc2c1[N+](C1CC1)=C2.NC(=O)C1(C(F)F)COc2c1cc(CCNC=O)nc2-c1ccc(F)cc1. The molecule has 1 aliphatic carbocycles. The van der Waals surface area contributed by atoms with Crippen molar-refractivity contribution in [1.82, 2.24) is 10.3 Å². The fourth-order valence-corrected chi connectivity index (χ4v) is 5.10. The lowest BCUT2D eigenvalue weighted by molar-refractivity contribution is -0.462. The van der Waals surface area contributed by atoms with Crippen LogP contribution in [0.1, 0.15) is 35.2 Å². The number of aryl methyl sites for hydroxylation is 1. The van der Waals surface area contributed by atoms with Gasteiger partial charge in [0.15, 0.2) is 23.4 Å². The summed E-state index contributed by atoms with van der Waals surface area (Å²) in [5, 5.41) is 2.46. The van der Waals surface area contributed by atoms with Gasteiger partial charge in [0.1, 0.15) is 29.4 Å². The van der Waals surface area contributed by atoms with E-state index in [1.54, 1.807) is 7.11 Å². The van der Waals surface area contributed by atoms with E-state index in [1.165, 1.54) is 60.0 Å². The van der Waals surface area contributed by atoms with E-state index in [0.29, 0.717) is 17.7 Å². The Balaban J connectivity index is 0.000000200. The average Bonchev–Trinajstić information content (AvgIpc) is 3.68. The molecule has 0 spiro atoms. The summed E-state index contributed by atoms with van der Waals surface area (Å²) < 4.78 is 54.1. The van der Waals surface area contributed by atoms with Crippen LogP contribution in [0.4, 0.5) is 18.9 Å². The lowest BCUT2D eigenvalue weighted by Crippen LogP contribution is -2.48. The van der Waals surface area contributed by atoms with E-state index in [2.05, 4.69) is 40.1 Å². The van der Waals surface area contributed by atoms with Crippen molar-refractivity contribution in [3.8, 4) is 22.8 Å². The number of hydrogen-bond donors (Lipinski definition) is 2. The molecule has 6 rings (SSSR count). The maximum atomic E-state index is 13.8. The molecular weight excluding hydrogens is 537 g/mol. The first kappa shape index (κ1) is 28.1. The van der Waals surface area contributed by atoms with Gasteiger partial charge in [0.05, 0.1) is 7.11 Å². The molecule has 2 aliphatic heterocycles. The quantitative estimate of drug-likeness (QED) is 0.233. The van der Waals surface area contributed by atoms with Crippen molar-refractivity contribution in [2.45, 2.75) is 44.1 Å². The number of amides is 2. The number of pyridine rings is 1. The molecule has 1 fully saturated rings. The summed E-state index contributed by atoms with van der Waals surface area (Å²) in [6, 6.07) is 11.7. The van der Waals surface area contributed by atoms with Crippen LogP contribution < -0.4 is 20.5 Å². The number of rotatable bonds is 9. The second-order valence-electron chi connectivity index (χ2n) is 10.3.